The fourth-order valence-corrected chi connectivity index (χ4v) is 1.61. The van der Waals surface area contributed by atoms with E-state index >= 15 is 0 Å². The highest BCUT2D eigenvalue weighted by Crippen LogP contribution is 2.23. The number of rotatable bonds is 1. The van der Waals surface area contributed by atoms with Gasteiger partial charge in [0.15, 0.2) is 5.69 Å². The number of hydrogen-bond acceptors (Lipinski definition) is 4. The van der Waals surface area contributed by atoms with Gasteiger partial charge in [-0.3, -0.25) is 0 Å². The molecule has 12 heavy (non-hydrogen) atoms. The maximum atomic E-state index is 8.65. The van der Waals surface area contributed by atoms with Crippen LogP contribution in [-0.2, 0) is 0 Å². The molecule has 0 aromatic carbocycles. The van der Waals surface area contributed by atoms with Crippen LogP contribution < -0.4 is 0 Å². The third-order valence-electron chi connectivity index (χ3n) is 1.41. The summed E-state index contributed by atoms with van der Waals surface area (Å²) in [5, 5.41) is 20.5. The maximum Gasteiger partial charge on any atom is 0.164 e. The van der Waals surface area contributed by atoms with Crippen LogP contribution in [0.3, 0.4) is 0 Å². The Labute approximate surface area is 72.5 Å². The first kappa shape index (κ1) is 7.00. The van der Waals surface area contributed by atoms with Gasteiger partial charge in [-0.25, -0.2) is 5.10 Å². The van der Waals surface area contributed by atoms with E-state index < -0.39 is 0 Å². The Morgan fingerprint density at radius 3 is 3.17 bits per heavy atom. The van der Waals surface area contributed by atoms with Gasteiger partial charge in [-0.1, -0.05) is 11.3 Å². The maximum absolute atomic E-state index is 8.65. The zero-order valence-electron chi connectivity index (χ0n) is 5.98. The molecule has 0 radical (unpaired) electrons. The number of nitriles is 1. The quantitative estimate of drug-likeness (QED) is 0.714. The van der Waals surface area contributed by atoms with Crippen molar-refractivity contribution in [1.29, 1.82) is 5.26 Å². The molecule has 0 fully saturated rings. The molecule has 2 aromatic rings. The standard InChI is InChI=1S/C7H4N4S/c8-4-5-7(10-11-9-5)6-2-1-3-12-6/h1-3H,(H,9,10,11). The van der Waals surface area contributed by atoms with Crippen molar-refractivity contribution < 1.29 is 0 Å². The highest BCUT2D eigenvalue weighted by atomic mass is 32.1. The number of aromatic nitrogens is 3. The first-order valence-corrected chi connectivity index (χ1v) is 4.15. The number of H-pyrrole nitrogens is 1. The van der Waals surface area contributed by atoms with Crippen molar-refractivity contribution in [3.63, 3.8) is 0 Å². The van der Waals surface area contributed by atoms with Crippen LogP contribution in [0.25, 0.3) is 10.6 Å². The SMILES string of the molecule is N#Cc1[nH]nnc1-c1cccs1. The van der Waals surface area contributed by atoms with Gasteiger partial charge in [0.1, 0.15) is 11.8 Å². The van der Waals surface area contributed by atoms with Gasteiger partial charge in [-0.15, -0.1) is 16.4 Å². The highest BCUT2D eigenvalue weighted by Gasteiger charge is 2.08. The van der Waals surface area contributed by atoms with Gasteiger partial charge >= 0.3 is 0 Å². The van der Waals surface area contributed by atoms with E-state index in [9.17, 15) is 0 Å². The molecular formula is C7H4N4S. The number of thiophene rings is 1. The van der Waals surface area contributed by atoms with Crippen molar-refractivity contribution in [3.05, 3.63) is 23.2 Å². The van der Waals surface area contributed by atoms with Gasteiger partial charge in [0.05, 0.1) is 4.88 Å². The second kappa shape index (κ2) is 2.75. The first-order chi connectivity index (χ1) is 5.92. The zero-order valence-corrected chi connectivity index (χ0v) is 6.80. The first-order valence-electron chi connectivity index (χ1n) is 3.27. The molecule has 0 aliphatic carbocycles. The normalized spacial score (nSPS) is 9.58. The summed E-state index contributed by atoms with van der Waals surface area (Å²) in [6, 6.07) is 5.81. The summed E-state index contributed by atoms with van der Waals surface area (Å²) in [7, 11) is 0. The predicted octanol–water partition coefficient (Wildman–Crippen LogP) is 1.40. The molecule has 0 spiro atoms. The molecule has 0 aliphatic heterocycles. The van der Waals surface area contributed by atoms with Crippen LogP contribution in [-0.4, -0.2) is 15.4 Å². The second-order valence-electron chi connectivity index (χ2n) is 2.12. The topological polar surface area (TPSA) is 65.4 Å². The summed E-state index contributed by atoms with van der Waals surface area (Å²) in [4.78, 5) is 0.959. The molecular weight excluding hydrogens is 172 g/mol. The van der Waals surface area contributed by atoms with Crippen molar-refractivity contribution in [1.82, 2.24) is 15.4 Å². The van der Waals surface area contributed by atoms with E-state index in [1.54, 1.807) is 0 Å². The molecule has 0 unspecified atom stereocenters. The molecule has 0 amide bonds. The van der Waals surface area contributed by atoms with E-state index in [-0.39, 0.29) is 0 Å². The van der Waals surface area contributed by atoms with E-state index in [1.807, 2.05) is 23.6 Å². The summed E-state index contributed by atoms with van der Waals surface area (Å²) in [5.74, 6) is 0. The fourth-order valence-electron chi connectivity index (χ4n) is 0.892. The molecule has 0 atom stereocenters. The molecule has 2 rings (SSSR count). The average molecular weight is 176 g/mol. The number of hydrogen-bond donors (Lipinski definition) is 1. The number of nitrogens with zero attached hydrogens (tertiary/aromatic N) is 3. The fraction of sp³-hybridized carbons (Fsp3) is 0. The third kappa shape index (κ3) is 0.984. The van der Waals surface area contributed by atoms with Gasteiger partial charge in [0, 0.05) is 0 Å². The van der Waals surface area contributed by atoms with E-state index in [4.69, 9.17) is 5.26 Å². The second-order valence-corrected chi connectivity index (χ2v) is 3.07. The van der Waals surface area contributed by atoms with Crippen molar-refractivity contribution in [2.24, 2.45) is 0 Å². The Hall–Kier alpha value is -1.67. The van der Waals surface area contributed by atoms with Gasteiger partial charge in [-0.05, 0) is 11.4 Å². The van der Waals surface area contributed by atoms with Crippen LogP contribution in [0, 0.1) is 11.3 Å². The summed E-state index contributed by atoms with van der Waals surface area (Å²) >= 11 is 1.54. The Morgan fingerprint density at radius 1 is 1.58 bits per heavy atom. The van der Waals surface area contributed by atoms with Crippen LogP contribution in [0.5, 0.6) is 0 Å². The average Bonchev–Trinajstić information content (AvgIpc) is 2.74. The summed E-state index contributed by atoms with van der Waals surface area (Å²) in [6.45, 7) is 0. The van der Waals surface area contributed by atoms with E-state index in [0.29, 0.717) is 11.4 Å². The van der Waals surface area contributed by atoms with Crippen molar-refractivity contribution in [2.45, 2.75) is 0 Å². The molecule has 0 aliphatic rings. The Balaban J connectivity index is 2.55. The largest absolute Gasteiger partial charge is 0.247 e. The molecule has 0 bridgehead atoms. The zero-order chi connectivity index (χ0) is 8.39. The van der Waals surface area contributed by atoms with E-state index in [0.717, 1.165) is 4.88 Å². The minimum Gasteiger partial charge on any atom is -0.247 e. The molecule has 2 heterocycles. The summed E-state index contributed by atoms with van der Waals surface area (Å²) in [5.41, 5.74) is 1.05. The Morgan fingerprint density at radius 2 is 2.50 bits per heavy atom. The molecule has 58 valence electrons. The van der Waals surface area contributed by atoms with Crippen molar-refractivity contribution in [3.8, 4) is 16.6 Å². The molecule has 0 saturated heterocycles. The van der Waals surface area contributed by atoms with Crippen LogP contribution in [0.4, 0.5) is 0 Å². The van der Waals surface area contributed by atoms with Crippen LogP contribution in [0.2, 0.25) is 0 Å². The van der Waals surface area contributed by atoms with Gasteiger partial charge in [-0.2, -0.15) is 5.26 Å². The summed E-state index contributed by atoms with van der Waals surface area (Å²) < 4.78 is 0. The van der Waals surface area contributed by atoms with Gasteiger partial charge in [0.25, 0.3) is 0 Å². The minimum atomic E-state index is 0.414. The Kier molecular flexibility index (Phi) is 1.61. The Bertz CT molecular complexity index is 409. The van der Waals surface area contributed by atoms with Gasteiger partial charge < -0.3 is 0 Å². The highest BCUT2D eigenvalue weighted by molar-refractivity contribution is 7.13. The summed E-state index contributed by atoms with van der Waals surface area (Å²) in [6.07, 6.45) is 0. The lowest BCUT2D eigenvalue weighted by atomic mass is 10.3. The van der Waals surface area contributed by atoms with Crippen molar-refractivity contribution in [2.75, 3.05) is 0 Å². The van der Waals surface area contributed by atoms with Crippen LogP contribution in [0.1, 0.15) is 5.69 Å². The van der Waals surface area contributed by atoms with Crippen LogP contribution in [0.15, 0.2) is 17.5 Å². The lowest BCUT2D eigenvalue weighted by molar-refractivity contribution is 0.937. The molecule has 2 aromatic heterocycles. The minimum absolute atomic E-state index is 0.414. The van der Waals surface area contributed by atoms with Gasteiger partial charge in [0.2, 0.25) is 0 Å². The molecule has 1 N–H and O–H groups in total. The number of nitrogens with one attached hydrogen (secondary N) is 1. The van der Waals surface area contributed by atoms with Crippen molar-refractivity contribution >= 4 is 11.3 Å². The number of aromatic amines is 1. The van der Waals surface area contributed by atoms with E-state index in [1.165, 1.54) is 11.3 Å². The lowest BCUT2D eigenvalue weighted by Gasteiger charge is -1.86. The molecule has 5 heteroatoms. The monoisotopic (exact) mass is 176 g/mol. The lowest BCUT2D eigenvalue weighted by Crippen LogP contribution is -1.77. The predicted molar refractivity (Wildman–Crippen MR) is 44.4 cm³/mol. The smallest absolute Gasteiger partial charge is 0.164 e. The van der Waals surface area contributed by atoms with Crippen LogP contribution >= 0.6 is 11.3 Å². The molecule has 0 saturated carbocycles. The third-order valence-corrected chi connectivity index (χ3v) is 2.29. The van der Waals surface area contributed by atoms with E-state index in [2.05, 4.69) is 15.4 Å². The molecule has 4 nitrogen and oxygen atoms in total.